The summed E-state index contributed by atoms with van der Waals surface area (Å²) in [5.74, 6) is 1.23. The summed E-state index contributed by atoms with van der Waals surface area (Å²) >= 11 is 5.81. The molecule has 3 aromatic heterocycles. The average molecular weight is 478 g/mol. The first-order chi connectivity index (χ1) is 13.6. The number of benzene rings is 1. The molecule has 4 aromatic rings. The number of hydrogen-bond acceptors (Lipinski definition) is 9. The molecule has 11 heteroatoms. The van der Waals surface area contributed by atoms with Crippen LogP contribution in [-0.2, 0) is 5.75 Å². The minimum Gasteiger partial charge on any atom is -0.444 e. The van der Waals surface area contributed by atoms with Crippen LogP contribution in [0.2, 0.25) is 0 Å². The highest BCUT2D eigenvalue weighted by Crippen LogP contribution is 2.29. The van der Waals surface area contributed by atoms with Gasteiger partial charge in [-0.15, -0.1) is 20.4 Å². The van der Waals surface area contributed by atoms with Crippen molar-refractivity contribution in [1.29, 1.82) is 0 Å². The Morgan fingerprint density at radius 2 is 2.00 bits per heavy atom. The van der Waals surface area contributed by atoms with Crippen molar-refractivity contribution in [3.63, 3.8) is 0 Å². The predicted molar refractivity (Wildman–Crippen MR) is 108 cm³/mol. The Hall–Kier alpha value is -2.50. The summed E-state index contributed by atoms with van der Waals surface area (Å²) < 4.78 is 12.1. The van der Waals surface area contributed by atoms with Crippen molar-refractivity contribution in [2.75, 3.05) is 5.32 Å². The average Bonchev–Trinajstić information content (AvgIpc) is 3.41. The van der Waals surface area contributed by atoms with E-state index in [0.717, 1.165) is 11.1 Å². The molecule has 0 radical (unpaired) electrons. The molecule has 1 N–H and O–H groups in total. The number of halogens is 1. The molecule has 0 aliphatic heterocycles. The zero-order valence-corrected chi connectivity index (χ0v) is 17.6. The van der Waals surface area contributed by atoms with E-state index in [2.05, 4.69) is 41.6 Å². The molecule has 3 heterocycles. The molecule has 0 atom stereocenters. The first kappa shape index (κ1) is 18.8. The molecule has 4 rings (SSSR count). The third kappa shape index (κ3) is 4.32. The van der Waals surface area contributed by atoms with Gasteiger partial charge in [-0.1, -0.05) is 41.3 Å². The van der Waals surface area contributed by atoms with Crippen LogP contribution in [0.5, 0.6) is 0 Å². The number of nitrogens with one attached hydrogen (secondary N) is 1. The minimum absolute atomic E-state index is 0.186. The van der Waals surface area contributed by atoms with Gasteiger partial charge in [0.1, 0.15) is 0 Å². The van der Waals surface area contributed by atoms with Crippen LogP contribution in [0.15, 0.2) is 54.2 Å². The normalized spacial score (nSPS) is 10.9. The van der Waals surface area contributed by atoms with Crippen LogP contribution in [0, 0.1) is 6.92 Å². The lowest BCUT2D eigenvalue weighted by atomic mass is 10.1. The highest BCUT2D eigenvalue weighted by Gasteiger charge is 2.15. The first-order valence-electron chi connectivity index (χ1n) is 8.00. The van der Waals surface area contributed by atoms with Crippen molar-refractivity contribution in [2.45, 2.75) is 17.0 Å². The van der Waals surface area contributed by atoms with Crippen molar-refractivity contribution in [3.8, 4) is 11.5 Å². The summed E-state index contributed by atoms with van der Waals surface area (Å²) in [6, 6.07) is 11.0. The SMILES string of the molecule is Cc1ccccc1-c1nnc(CSc2nnc(NC(=O)c3ccc(Br)o3)s2)o1. The molecule has 0 aliphatic rings. The summed E-state index contributed by atoms with van der Waals surface area (Å²) in [5.41, 5.74) is 1.98. The maximum absolute atomic E-state index is 12.1. The van der Waals surface area contributed by atoms with Gasteiger partial charge in [0.2, 0.25) is 16.9 Å². The lowest BCUT2D eigenvalue weighted by Gasteiger charge is -1.98. The Balaban J connectivity index is 1.36. The quantitative estimate of drug-likeness (QED) is 0.311. The molecular weight excluding hydrogens is 466 g/mol. The van der Waals surface area contributed by atoms with Crippen LogP contribution in [-0.4, -0.2) is 26.3 Å². The standard InChI is InChI=1S/C17H12BrN5O3S2/c1-9-4-2-3-5-10(9)15-21-20-13(26-15)8-27-17-23-22-16(28-17)19-14(24)11-6-7-12(18)25-11/h2-7H,8H2,1H3,(H,19,22,24). The van der Waals surface area contributed by atoms with E-state index >= 15 is 0 Å². The molecule has 0 aliphatic carbocycles. The number of aryl methyl sites for hydroxylation is 1. The highest BCUT2D eigenvalue weighted by molar-refractivity contribution is 9.10. The summed E-state index contributed by atoms with van der Waals surface area (Å²) in [6.07, 6.45) is 0. The summed E-state index contributed by atoms with van der Waals surface area (Å²) in [4.78, 5) is 12.1. The Morgan fingerprint density at radius 1 is 1.14 bits per heavy atom. The van der Waals surface area contributed by atoms with Crippen LogP contribution >= 0.6 is 39.0 Å². The summed E-state index contributed by atoms with van der Waals surface area (Å²) in [5, 5.41) is 19.2. The van der Waals surface area contributed by atoms with Gasteiger partial charge in [-0.05, 0) is 46.6 Å². The molecule has 0 bridgehead atoms. The van der Waals surface area contributed by atoms with Crippen molar-refractivity contribution >= 4 is 50.1 Å². The van der Waals surface area contributed by atoms with Gasteiger partial charge in [0.25, 0.3) is 5.91 Å². The zero-order chi connectivity index (χ0) is 19.5. The van der Waals surface area contributed by atoms with E-state index in [9.17, 15) is 4.79 Å². The van der Waals surface area contributed by atoms with Crippen molar-refractivity contribution in [1.82, 2.24) is 20.4 Å². The number of furan rings is 1. The van der Waals surface area contributed by atoms with E-state index in [1.165, 1.54) is 23.1 Å². The zero-order valence-electron chi connectivity index (χ0n) is 14.4. The third-order valence-corrected chi connectivity index (χ3v) is 5.97. The molecule has 1 aromatic carbocycles. The van der Waals surface area contributed by atoms with Crippen molar-refractivity contribution < 1.29 is 13.6 Å². The fourth-order valence-corrected chi connectivity index (χ4v) is 4.16. The highest BCUT2D eigenvalue weighted by atomic mass is 79.9. The van der Waals surface area contributed by atoms with Gasteiger partial charge in [0.15, 0.2) is 14.8 Å². The van der Waals surface area contributed by atoms with Gasteiger partial charge in [-0.2, -0.15) is 0 Å². The maximum atomic E-state index is 12.1. The van der Waals surface area contributed by atoms with Crippen LogP contribution in [0.4, 0.5) is 5.13 Å². The molecule has 0 spiro atoms. The number of hydrogen-bond donors (Lipinski definition) is 1. The number of aromatic nitrogens is 4. The van der Waals surface area contributed by atoms with Crippen molar-refractivity contribution in [2.24, 2.45) is 0 Å². The number of carbonyl (C=O) groups is 1. The second-order valence-electron chi connectivity index (χ2n) is 5.54. The number of rotatable bonds is 6. The van der Waals surface area contributed by atoms with Crippen LogP contribution in [0.3, 0.4) is 0 Å². The molecule has 28 heavy (non-hydrogen) atoms. The number of carbonyl (C=O) groups excluding carboxylic acids is 1. The fourth-order valence-electron chi connectivity index (χ4n) is 2.27. The monoisotopic (exact) mass is 477 g/mol. The molecular formula is C17H12BrN5O3S2. The van der Waals surface area contributed by atoms with Crippen LogP contribution in [0.25, 0.3) is 11.5 Å². The molecule has 1 amide bonds. The molecule has 0 saturated carbocycles. The Kier molecular flexibility index (Phi) is 5.55. The van der Waals surface area contributed by atoms with Crippen molar-refractivity contribution in [3.05, 3.63) is 58.3 Å². The van der Waals surface area contributed by atoms with Crippen LogP contribution in [0.1, 0.15) is 22.0 Å². The van der Waals surface area contributed by atoms with E-state index in [0.29, 0.717) is 31.7 Å². The molecule has 0 saturated heterocycles. The number of anilines is 1. The van der Waals surface area contributed by atoms with Gasteiger partial charge in [0.05, 0.1) is 5.75 Å². The topological polar surface area (TPSA) is 107 Å². The Morgan fingerprint density at radius 3 is 2.79 bits per heavy atom. The molecule has 142 valence electrons. The van der Waals surface area contributed by atoms with Gasteiger partial charge in [0, 0.05) is 5.56 Å². The Bertz CT molecular complexity index is 1120. The largest absolute Gasteiger partial charge is 0.444 e. The second-order valence-corrected chi connectivity index (χ2v) is 8.52. The lowest BCUT2D eigenvalue weighted by Crippen LogP contribution is -2.10. The predicted octanol–water partition coefficient (Wildman–Crippen LogP) is 4.80. The molecule has 8 nitrogen and oxygen atoms in total. The van der Waals surface area contributed by atoms with E-state index < -0.39 is 5.91 Å². The first-order valence-corrected chi connectivity index (χ1v) is 10.6. The second kappa shape index (κ2) is 8.25. The van der Waals surface area contributed by atoms with Crippen LogP contribution < -0.4 is 5.32 Å². The van der Waals surface area contributed by atoms with E-state index in [-0.39, 0.29) is 5.76 Å². The van der Waals surface area contributed by atoms with E-state index in [4.69, 9.17) is 8.83 Å². The van der Waals surface area contributed by atoms with Gasteiger partial charge >= 0.3 is 0 Å². The van der Waals surface area contributed by atoms with E-state index in [1.807, 2.05) is 31.2 Å². The van der Waals surface area contributed by atoms with Gasteiger partial charge < -0.3 is 8.83 Å². The molecule has 0 fully saturated rings. The Labute approximate surface area is 175 Å². The number of amides is 1. The smallest absolute Gasteiger partial charge is 0.293 e. The summed E-state index contributed by atoms with van der Waals surface area (Å²) in [7, 11) is 0. The lowest BCUT2D eigenvalue weighted by molar-refractivity contribution is 0.0995. The fraction of sp³-hybridized carbons (Fsp3) is 0.118. The molecule has 0 unspecified atom stereocenters. The minimum atomic E-state index is -0.391. The summed E-state index contributed by atoms with van der Waals surface area (Å²) in [6.45, 7) is 1.99. The maximum Gasteiger partial charge on any atom is 0.293 e. The number of thioether (sulfide) groups is 1. The number of nitrogens with zero attached hydrogens (tertiary/aromatic N) is 4. The van der Waals surface area contributed by atoms with Gasteiger partial charge in [-0.25, -0.2) is 0 Å². The third-order valence-electron chi connectivity index (χ3n) is 3.59. The van der Waals surface area contributed by atoms with E-state index in [1.54, 1.807) is 12.1 Å². The van der Waals surface area contributed by atoms with Gasteiger partial charge in [-0.3, -0.25) is 10.1 Å².